The zero-order chi connectivity index (χ0) is 22.3. The predicted octanol–water partition coefficient (Wildman–Crippen LogP) is 6.29. The van der Waals surface area contributed by atoms with Gasteiger partial charge in [-0.25, -0.2) is 4.98 Å². The van der Waals surface area contributed by atoms with Crippen molar-refractivity contribution in [2.75, 3.05) is 0 Å². The van der Waals surface area contributed by atoms with Gasteiger partial charge in [-0.2, -0.15) is 0 Å². The van der Waals surface area contributed by atoms with Crippen LogP contribution in [0, 0.1) is 6.92 Å². The van der Waals surface area contributed by atoms with Gasteiger partial charge in [0.1, 0.15) is 4.83 Å². The first-order valence-corrected chi connectivity index (χ1v) is 12.7. The number of thiophene rings is 1. The molecule has 3 heterocycles. The number of aryl methyl sites for hydroxylation is 1. The third-order valence-corrected chi connectivity index (χ3v) is 8.34. The van der Waals surface area contributed by atoms with Gasteiger partial charge in [0.25, 0.3) is 5.56 Å². The van der Waals surface area contributed by atoms with Crippen LogP contribution in [0.1, 0.15) is 41.8 Å². The topological polar surface area (TPSA) is 44.1 Å². The molecule has 1 atom stereocenters. The first kappa shape index (κ1) is 21.4. The molecule has 0 saturated heterocycles. The Morgan fingerprint density at radius 3 is 2.62 bits per heavy atom. The van der Waals surface area contributed by atoms with Crippen molar-refractivity contribution < 1.29 is 4.74 Å². The van der Waals surface area contributed by atoms with Crippen molar-refractivity contribution in [2.24, 2.45) is 0 Å². The second-order valence-corrected chi connectivity index (χ2v) is 10.6. The summed E-state index contributed by atoms with van der Waals surface area (Å²) in [7, 11) is 0. The quantitative estimate of drug-likeness (QED) is 0.258. The lowest BCUT2D eigenvalue weighted by Gasteiger charge is -2.32. The van der Waals surface area contributed by atoms with Gasteiger partial charge in [-0.3, -0.25) is 9.36 Å². The van der Waals surface area contributed by atoms with Gasteiger partial charge in [0.05, 0.1) is 23.3 Å². The van der Waals surface area contributed by atoms with Crippen LogP contribution in [-0.2, 0) is 23.5 Å². The Kier molecular flexibility index (Phi) is 5.70. The van der Waals surface area contributed by atoms with E-state index in [0.717, 1.165) is 55.7 Å². The molecular weight excluding hydrogens is 436 g/mol. The van der Waals surface area contributed by atoms with E-state index in [1.54, 1.807) is 27.7 Å². The van der Waals surface area contributed by atoms with Crippen molar-refractivity contribution >= 4 is 33.3 Å². The first-order valence-electron chi connectivity index (χ1n) is 10.9. The molecule has 0 aliphatic carbocycles. The third kappa shape index (κ3) is 3.91. The lowest BCUT2D eigenvalue weighted by atomic mass is 9.90. The van der Waals surface area contributed by atoms with E-state index >= 15 is 0 Å². The highest BCUT2D eigenvalue weighted by atomic mass is 32.2. The maximum absolute atomic E-state index is 14.0. The molecule has 0 fully saturated rings. The number of nitrogens with zero attached hydrogens (tertiary/aromatic N) is 2. The molecule has 0 saturated carbocycles. The predicted molar refractivity (Wildman–Crippen MR) is 133 cm³/mol. The van der Waals surface area contributed by atoms with Gasteiger partial charge in [0, 0.05) is 17.1 Å². The summed E-state index contributed by atoms with van der Waals surface area (Å²) < 4.78 is 7.94. The Morgan fingerprint density at radius 1 is 1.16 bits per heavy atom. The summed E-state index contributed by atoms with van der Waals surface area (Å²) in [5.41, 5.74) is 4.14. The van der Waals surface area contributed by atoms with Gasteiger partial charge in [-0.1, -0.05) is 66.7 Å². The number of hydrogen-bond donors (Lipinski definition) is 0. The Labute approximate surface area is 196 Å². The average Bonchev–Trinajstić information content (AvgIpc) is 3.17. The molecular formula is C26H26N2O2S2. The summed E-state index contributed by atoms with van der Waals surface area (Å²) in [6.45, 7) is 6.88. The summed E-state index contributed by atoms with van der Waals surface area (Å²) in [6, 6.07) is 18.4. The maximum Gasteiger partial charge on any atom is 0.267 e. The van der Waals surface area contributed by atoms with Crippen molar-refractivity contribution in [3.8, 4) is 5.69 Å². The first-order chi connectivity index (χ1) is 15.5. The highest BCUT2D eigenvalue weighted by Crippen LogP contribution is 2.39. The fourth-order valence-electron chi connectivity index (χ4n) is 4.07. The fourth-order valence-corrected chi connectivity index (χ4v) is 6.18. The minimum absolute atomic E-state index is 0.0206. The lowest BCUT2D eigenvalue weighted by molar-refractivity contribution is -0.0543. The minimum atomic E-state index is -0.233. The molecule has 4 nitrogen and oxygen atoms in total. The second-order valence-electron chi connectivity index (χ2n) is 8.60. The van der Waals surface area contributed by atoms with E-state index in [-0.39, 0.29) is 11.2 Å². The highest BCUT2D eigenvalue weighted by molar-refractivity contribution is 7.98. The van der Waals surface area contributed by atoms with Gasteiger partial charge < -0.3 is 4.74 Å². The van der Waals surface area contributed by atoms with Gasteiger partial charge in [0.2, 0.25) is 0 Å². The van der Waals surface area contributed by atoms with Crippen molar-refractivity contribution in [1.82, 2.24) is 9.55 Å². The molecule has 0 spiro atoms. The number of thioether (sulfide) groups is 1. The van der Waals surface area contributed by atoms with Gasteiger partial charge in [0.15, 0.2) is 5.16 Å². The number of rotatable bonds is 5. The molecule has 2 aromatic carbocycles. The number of ether oxygens (including phenoxy) is 1. The monoisotopic (exact) mass is 462 g/mol. The average molecular weight is 463 g/mol. The van der Waals surface area contributed by atoms with Crippen LogP contribution >= 0.6 is 23.1 Å². The molecule has 32 heavy (non-hydrogen) atoms. The van der Waals surface area contributed by atoms with Crippen LogP contribution < -0.4 is 5.56 Å². The zero-order valence-corrected chi connectivity index (χ0v) is 20.2. The van der Waals surface area contributed by atoms with Crippen molar-refractivity contribution in [3.63, 3.8) is 0 Å². The van der Waals surface area contributed by atoms with Crippen molar-refractivity contribution in [3.05, 3.63) is 86.5 Å². The molecule has 0 amide bonds. The van der Waals surface area contributed by atoms with E-state index in [0.29, 0.717) is 6.61 Å². The van der Waals surface area contributed by atoms with Crippen LogP contribution in [0.4, 0.5) is 0 Å². The molecule has 164 valence electrons. The van der Waals surface area contributed by atoms with Crippen LogP contribution in [0.5, 0.6) is 0 Å². The van der Waals surface area contributed by atoms with E-state index in [9.17, 15) is 4.79 Å². The maximum atomic E-state index is 14.0. The Bertz CT molecular complexity index is 1330. The van der Waals surface area contributed by atoms with E-state index in [2.05, 4.69) is 32.9 Å². The van der Waals surface area contributed by atoms with Gasteiger partial charge >= 0.3 is 0 Å². The number of fused-ring (bicyclic) bond motifs is 3. The van der Waals surface area contributed by atoms with Crippen molar-refractivity contribution in [1.29, 1.82) is 0 Å². The lowest BCUT2D eigenvalue weighted by Crippen LogP contribution is -2.34. The van der Waals surface area contributed by atoms with E-state index < -0.39 is 0 Å². The van der Waals surface area contributed by atoms with Crippen LogP contribution in [0.3, 0.4) is 0 Å². The molecule has 2 aromatic heterocycles. The highest BCUT2D eigenvalue weighted by Gasteiger charge is 2.33. The number of benzene rings is 2. The normalized spacial score (nSPS) is 18.1. The van der Waals surface area contributed by atoms with Crippen LogP contribution in [0.25, 0.3) is 15.9 Å². The number of aromatic nitrogens is 2. The molecule has 0 N–H and O–H groups in total. The smallest absolute Gasteiger partial charge is 0.267 e. The number of hydrogen-bond acceptors (Lipinski definition) is 5. The van der Waals surface area contributed by atoms with E-state index in [1.807, 2.05) is 42.5 Å². The third-order valence-electron chi connectivity index (χ3n) is 6.23. The molecule has 1 aliphatic rings. The fraction of sp³-hybridized carbons (Fsp3) is 0.308. The van der Waals surface area contributed by atoms with Crippen LogP contribution in [0.15, 0.2) is 64.5 Å². The molecule has 1 aliphatic heterocycles. The Hall–Kier alpha value is -2.41. The van der Waals surface area contributed by atoms with E-state index in [4.69, 9.17) is 9.72 Å². The van der Waals surface area contributed by atoms with Gasteiger partial charge in [-0.05, 0) is 43.5 Å². The molecule has 0 unspecified atom stereocenters. The summed E-state index contributed by atoms with van der Waals surface area (Å²) >= 11 is 3.21. The van der Waals surface area contributed by atoms with Crippen molar-refractivity contribution in [2.45, 2.75) is 56.7 Å². The zero-order valence-electron chi connectivity index (χ0n) is 18.6. The summed E-state index contributed by atoms with van der Waals surface area (Å²) in [4.78, 5) is 20.9. The summed E-state index contributed by atoms with van der Waals surface area (Å²) in [5.74, 6) is 0.757. The van der Waals surface area contributed by atoms with E-state index in [1.165, 1.54) is 5.56 Å². The molecule has 6 heteroatoms. The minimum Gasteiger partial charge on any atom is -0.369 e. The Morgan fingerprint density at radius 2 is 1.91 bits per heavy atom. The summed E-state index contributed by atoms with van der Waals surface area (Å²) in [6.07, 6.45) is 1.66. The second kappa shape index (κ2) is 8.50. The molecule has 0 bridgehead atoms. The molecule has 5 rings (SSSR count). The standard InChI is InChI=1S/C26H26N2O2S2/c1-4-26(3)14-20-21(15-30-26)32-23-22(20)24(29)28(19-12-10-17(2)11-13-19)25(27-23)31-16-18-8-6-5-7-9-18/h5-13H,4,14-16H2,1-3H3/t26-/m1/s1. The van der Waals surface area contributed by atoms with Crippen LogP contribution in [0.2, 0.25) is 0 Å². The largest absolute Gasteiger partial charge is 0.369 e. The van der Waals surface area contributed by atoms with Gasteiger partial charge in [-0.15, -0.1) is 11.3 Å². The SMILES string of the molecule is CC[C@]1(C)Cc2c(sc3nc(SCc4ccccc4)n(-c4ccc(C)cc4)c(=O)c23)CO1. The molecule has 4 aromatic rings. The Balaban J connectivity index is 1.67. The summed E-state index contributed by atoms with van der Waals surface area (Å²) in [5, 5.41) is 1.49. The van der Waals surface area contributed by atoms with Crippen LogP contribution in [-0.4, -0.2) is 15.2 Å². The molecule has 0 radical (unpaired) electrons.